The van der Waals surface area contributed by atoms with Gasteiger partial charge in [0.15, 0.2) is 11.5 Å². The lowest BCUT2D eigenvalue weighted by Crippen LogP contribution is -2.28. The van der Waals surface area contributed by atoms with Crippen LogP contribution in [0.3, 0.4) is 0 Å². The Labute approximate surface area is 205 Å². The average Bonchev–Trinajstić information content (AvgIpc) is 3.22. The van der Waals surface area contributed by atoms with Crippen molar-refractivity contribution in [1.82, 2.24) is 9.71 Å². The number of carbonyl (C=O) groups excluding carboxylic acids is 1. The zero-order chi connectivity index (χ0) is 25.2. The van der Waals surface area contributed by atoms with E-state index in [1.54, 1.807) is 6.92 Å². The number of hydrogen-bond acceptors (Lipinski definition) is 5. The molecule has 35 heavy (non-hydrogen) atoms. The van der Waals surface area contributed by atoms with Crippen molar-refractivity contribution in [2.45, 2.75) is 57.4 Å². The summed E-state index contributed by atoms with van der Waals surface area (Å²) in [6.07, 6.45) is 2.64. The zero-order valence-corrected chi connectivity index (χ0v) is 21.4. The quantitative estimate of drug-likeness (QED) is 0.465. The highest BCUT2D eigenvalue weighted by Crippen LogP contribution is 2.51. The van der Waals surface area contributed by atoms with Crippen LogP contribution in [0.5, 0.6) is 11.5 Å². The number of carbonyl (C=O) groups is 1. The fraction of sp³-hybridized carbons (Fsp3) is 0.423. The van der Waals surface area contributed by atoms with Gasteiger partial charge in [0.05, 0.1) is 17.2 Å². The Balaban J connectivity index is 1.50. The van der Waals surface area contributed by atoms with Crippen LogP contribution in [0, 0.1) is 0 Å². The van der Waals surface area contributed by atoms with Crippen LogP contribution in [0.4, 0.5) is 5.69 Å². The van der Waals surface area contributed by atoms with E-state index in [9.17, 15) is 13.2 Å². The van der Waals surface area contributed by atoms with Gasteiger partial charge in [0.1, 0.15) is 0 Å². The summed E-state index contributed by atoms with van der Waals surface area (Å²) in [6, 6.07) is 11.0. The molecule has 0 radical (unpaired) electrons. The SMILES string of the molecule is CC(NS(C)(=O)=O)c1cc(NC(=O)C2(c3ccc4c(c3)OCO4)CC2)cc2cc(C(C)(C)C)[nH]c12. The maximum atomic E-state index is 13.5. The fourth-order valence-corrected chi connectivity index (χ4v) is 5.46. The molecule has 9 heteroatoms. The van der Waals surface area contributed by atoms with E-state index in [1.807, 2.05) is 30.3 Å². The number of hydrogen-bond donors (Lipinski definition) is 3. The second-order valence-corrected chi connectivity index (χ2v) is 12.5. The van der Waals surface area contributed by atoms with Crippen molar-refractivity contribution < 1.29 is 22.7 Å². The van der Waals surface area contributed by atoms with Gasteiger partial charge in [0.25, 0.3) is 0 Å². The molecule has 1 saturated carbocycles. The predicted molar refractivity (Wildman–Crippen MR) is 135 cm³/mol. The predicted octanol–water partition coefficient (Wildman–Crippen LogP) is 4.47. The molecule has 5 rings (SSSR count). The first kappa shape index (κ1) is 23.7. The number of sulfonamides is 1. The van der Waals surface area contributed by atoms with E-state index in [1.165, 1.54) is 0 Å². The number of H-pyrrole nitrogens is 1. The summed E-state index contributed by atoms with van der Waals surface area (Å²) < 4.78 is 37.5. The molecule has 0 saturated heterocycles. The molecule has 0 bridgehead atoms. The normalized spacial score (nSPS) is 17.4. The Morgan fingerprint density at radius 1 is 1.09 bits per heavy atom. The maximum absolute atomic E-state index is 13.5. The van der Waals surface area contributed by atoms with Gasteiger partial charge in [-0.3, -0.25) is 4.79 Å². The van der Waals surface area contributed by atoms with E-state index in [0.717, 1.165) is 46.8 Å². The third kappa shape index (κ3) is 4.50. The molecular weight excluding hydrogens is 466 g/mol. The molecule has 1 aliphatic carbocycles. The topological polar surface area (TPSA) is 110 Å². The average molecular weight is 498 g/mol. The van der Waals surface area contributed by atoms with Crippen LogP contribution in [-0.2, 0) is 25.6 Å². The van der Waals surface area contributed by atoms with Crippen LogP contribution in [0.15, 0.2) is 36.4 Å². The minimum Gasteiger partial charge on any atom is -0.454 e. The van der Waals surface area contributed by atoms with Crippen molar-refractivity contribution >= 4 is 32.5 Å². The summed E-state index contributed by atoms with van der Waals surface area (Å²) in [4.78, 5) is 17.0. The van der Waals surface area contributed by atoms with Crippen LogP contribution in [0.2, 0.25) is 0 Å². The number of rotatable bonds is 6. The van der Waals surface area contributed by atoms with Gasteiger partial charge >= 0.3 is 0 Å². The van der Waals surface area contributed by atoms with Crippen molar-refractivity contribution in [1.29, 1.82) is 0 Å². The first-order chi connectivity index (χ1) is 16.4. The van der Waals surface area contributed by atoms with Crippen molar-refractivity contribution in [3.63, 3.8) is 0 Å². The largest absolute Gasteiger partial charge is 0.454 e. The van der Waals surface area contributed by atoms with E-state index in [4.69, 9.17) is 9.47 Å². The van der Waals surface area contributed by atoms with Gasteiger partial charge in [0.2, 0.25) is 22.7 Å². The number of aromatic amines is 1. The van der Waals surface area contributed by atoms with Crippen LogP contribution < -0.4 is 19.5 Å². The van der Waals surface area contributed by atoms with Gasteiger partial charge in [-0.2, -0.15) is 0 Å². The second kappa shape index (κ2) is 7.99. The molecule has 2 aliphatic rings. The molecule has 1 unspecified atom stereocenters. The van der Waals surface area contributed by atoms with E-state index in [2.05, 4.69) is 41.9 Å². The fourth-order valence-electron chi connectivity index (χ4n) is 4.69. The molecule has 3 N–H and O–H groups in total. The Bertz CT molecular complexity index is 1430. The Morgan fingerprint density at radius 3 is 2.46 bits per heavy atom. The molecule has 0 spiro atoms. The molecule has 1 aromatic heterocycles. The Morgan fingerprint density at radius 2 is 1.80 bits per heavy atom. The first-order valence-corrected chi connectivity index (χ1v) is 13.6. The molecule has 2 aromatic carbocycles. The van der Waals surface area contributed by atoms with Crippen molar-refractivity contribution in [3.05, 3.63) is 53.2 Å². The van der Waals surface area contributed by atoms with Crippen molar-refractivity contribution in [2.24, 2.45) is 0 Å². The van der Waals surface area contributed by atoms with Crippen LogP contribution in [-0.4, -0.2) is 32.4 Å². The summed E-state index contributed by atoms with van der Waals surface area (Å²) in [7, 11) is -3.43. The summed E-state index contributed by atoms with van der Waals surface area (Å²) in [6.45, 7) is 8.32. The number of nitrogens with one attached hydrogen (secondary N) is 3. The lowest BCUT2D eigenvalue weighted by Gasteiger charge is -2.19. The third-order valence-electron chi connectivity index (χ3n) is 6.79. The number of anilines is 1. The molecule has 3 aromatic rings. The lowest BCUT2D eigenvalue weighted by atomic mass is 9.92. The minimum absolute atomic E-state index is 0.0861. The smallest absolute Gasteiger partial charge is 0.235 e. The third-order valence-corrected chi connectivity index (χ3v) is 7.57. The van der Waals surface area contributed by atoms with E-state index >= 15 is 0 Å². The van der Waals surface area contributed by atoms with Crippen molar-refractivity contribution in [3.8, 4) is 11.5 Å². The molecule has 186 valence electrons. The summed E-state index contributed by atoms with van der Waals surface area (Å²) >= 11 is 0. The van der Waals surface area contributed by atoms with Gasteiger partial charge in [-0.05, 0) is 61.2 Å². The summed E-state index contributed by atoms with van der Waals surface area (Å²) in [5.74, 6) is 1.26. The van der Waals surface area contributed by atoms with E-state index in [-0.39, 0.29) is 18.1 Å². The second-order valence-electron chi connectivity index (χ2n) is 10.7. The zero-order valence-electron chi connectivity index (χ0n) is 20.6. The molecule has 1 amide bonds. The highest BCUT2D eigenvalue weighted by Gasteiger charge is 2.51. The van der Waals surface area contributed by atoms with Crippen LogP contribution in [0.25, 0.3) is 10.9 Å². The molecule has 2 heterocycles. The molecular formula is C26H31N3O5S. The van der Waals surface area contributed by atoms with E-state index in [0.29, 0.717) is 17.2 Å². The van der Waals surface area contributed by atoms with Gasteiger partial charge in [-0.15, -0.1) is 0 Å². The number of aromatic nitrogens is 1. The minimum atomic E-state index is -3.43. The number of fused-ring (bicyclic) bond motifs is 2. The van der Waals surface area contributed by atoms with Gasteiger partial charge < -0.3 is 19.8 Å². The Kier molecular flexibility index (Phi) is 5.41. The number of ether oxygens (including phenoxy) is 2. The maximum Gasteiger partial charge on any atom is 0.235 e. The molecule has 1 atom stereocenters. The van der Waals surface area contributed by atoms with Crippen LogP contribution in [0.1, 0.15) is 63.4 Å². The van der Waals surface area contributed by atoms with Gasteiger partial charge in [0, 0.05) is 28.2 Å². The number of benzene rings is 2. The lowest BCUT2D eigenvalue weighted by molar-refractivity contribution is -0.118. The highest BCUT2D eigenvalue weighted by molar-refractivity contribution is 7.88. The molecule has 8 nitrogen and oxygen atoms in total. The van der Waals surface area contributed by atoms with Crippen molar-refractivity contribution in [2.75, 3.05) is 18.4 Å². The van der Waals surface area contributed by atoms with Gasteiger partial charge in [-0.25, -0.2) is 13.1 Å². The first-order valence-electron chi connectivity index (χ1n) is 11.7. The highest BCUT2D eigenvalue weighted by atomic mass is 32.2. The van der Waals surface area contributed by atoms with Crippen LogP contribution >= 0.6 is 0 Å². The molecule has 1 aliphatic heterocycles. The molecule has 1 fully saturated rings. The summed E-state index contributed by atoms with van der Waals surface area (Å²) in [5.41, 5.74) is 3.46. The van der Waals surface area contributed by atoms with E-state index < -0.39 is 21.5 Å². The summed E-state index contributed by atoms with van der Waals surface area (Å²) in [5, 5.41) is 4.02. The Hall–Kier alpha value is -3.04. The number of amides is 1. The standard InChI is InChI=1S/C26H31N3O5S/c1-15(29-35(5,31)32)19-13-18(10-16-11-22(25(2,3)4)28-23(16)19)27-24(30)26(8-9-26)17-6-7-20-21(12-17)34-14-33-20/h6-7,10-13,15,28-29H,8-9,14H2,1-5H3,(H,27,30). The monoisotopic (exact) mass is 497 g/mol. The van der Waals surface area contributed by atoms with Gasteiger partial charge in [-0.1, -0.05) is 26.8 Å².